The van der Waals surface area contributed by atoms with Crippen LogP contribution in [0, 0.1) is 0 Å². The number of benzene rings is 1. The van der Waals surface area contributed by atoms with Crippen LogP contribution in [-0.2, 0) is 6.54 Å². The average Bonchev–Trinajstić information content (AvgIpc) is 3.22. The van der Waals surface area contributed by atoms with Gasteiger partial charge < -0.3 is 5.32 Å². The number of nitrogens with one attached hydrogen (secondary N) is 1. The third-order valence-corrected chi connectivity index (χ3v) is 4.86. The molecule has 0 amide bonds. The molecule has 1 aromatic carbocycles. The molecule has 1 fully saturated rings. The number of aromatic nitrogens is 4. The van der Waals surface area contributed by atoms with Crippen molar-refractivity contribution < 1.29 is 0 Å². The minimum atomic E-state index is 0.660. The monoisotopic (exact) mass is 299 g/mol. The minimum Gasteiger partial charge on any atom is -0.308 e. The second-order valence-electron chi connectivity index (χ2n) is 5.44. The Hall–Kier alpha value is -1.79. The Bertz CT molecular complexity index is 727. The fraction of sp³-hybridized carbons (Fsp3) is 0.400. The predicted octanol–water partition coefficient (Wildman–Crippen LogP) is 2.89. The maximum absolute atomic E-state index is 4.66. The van der Waals surface area contributed by atoms with Crippen molar-refractivity contribution in [3.05, 3.63) is 35.3 Å². The molecule has 0 radical (unpaired) electrons. The van der Waals surface area contributed by atoms with Gasteiger partial charge in [0.05, 0.1) is 0 Å². The summed E-state index contributed by atoms with van der Waals surface area (Å²) >= 11 is 1.61. The lowest BCUT2D eigenvalue weighted by molar-refractivity contribution is 0.521. The Morgan fingerprint density at radius 2 is 1.95 bits per heavy atom. The first-order valence-electron chi connectivity index (χ1n) is 7.40. The zero-order valence-electron chi connectivity index (χ0n) is 11.7. The van der Waals surface area contributed by atoms with Gasteiger partial charge >= 0.3 is 0 Å². The molecule has 1 saturated carbocycles. The molecule has 2 aromatic heterocycles. The summed E-state index contributed by atoms with van der Waals surface area (Å²) in [6.45, 7) is 0.826. The van der Waals surface area contributed by atoms with E-state index in [9.17, 15) is 0 Å². The average molecular weight is 299 g/mol. The van der Waals surface area contributed by atoms with Crippen LogP contribution in [0.5, 0.6) is 0 Å². The van der Waals surface area contributed by atoms with Crippen molar-refractivity contribution in [1.82, 2.24) is 25.1 Å². The van der Waals surface area contributed by atoms with E-state index < -0.39 is 0 Å². The Labute approximate surface area is 127 Å². The molecular formula is C15H17N5S. The highest BCUT2D eigenvalue weighted by atomic mass is 32.1. The van der Waals surface area contributed by atoms with Gasteiger partial charge in [-0.3, -0.25) is 0 Å². The highest BCUT2D eigenvalue weighted by molar-refractivity contribution is 7.16. The first kappa shape index (κ1) is 12.9. The molecule has 0 bridgehead atoms. The van der Waals surface area contributed by atoms with Gasteiger partial charge in [0, 0.05) is 18.2 Å². The number of fused-ring (bicyclic) bond motifs is 1. The van der Waals surface area contributed by atoms with Gasteiger partial charge in [-0.05, 0) is 12.8 Å². The summed E-state index contributed by atoms with van der Waals surface area (Å²) in [5, 5.41) is 17.8. The maximum Gasteiger partial charge on any atom is 0.235 e. The van der Waals surface area contributed by atoms with E-state index in [-0.39, 0.29) is 0 Å². The van der Waals surface area contributed by atoms with E-state index in [1.165, 1.54) is 25.7 Å². The lowest BCUT2D eigenvalue weighted by Gasteiger charge is -2.08. The van der Waals surface area contributed by atoms with Gasteiger partial charge in [-0.1, -0.05) is 54.5 Å². The summed E-state index contributed by atoms with van der Waals surface area (Å²) in [6.07, 6.45) is 5.28. The van der Waals surface area contributed by atoms with E-state index in [4.69, 9.17) is 0 Å². The molecule has 3 aromatic rings. The summed E-state index contributed by atoms with van der Waals surface area (Å²) < 4.78 is 1.85. The van der Waals surface area contributed by atoms with Gasteiger partial charge in [0.15, 0.2) is 5.82 Å². The molecule has 5 nitrogen and oxygen atoms in total. The quantitative estimate of drug-likeness (QED) is 0.805. The van der Waals surface area contributed by atoms with Crippen molar-refractivity contribution in [2.75, 3.05) is 0 Å². The molecule has 0 atom stereocenters. The van der Waals surface area contributed by atoms with Crippen molar-refractivity contribution in [3.8, 4) is 11.4 Å². The van der Waals surface area contributed by atoms with E-state index in [2.05, 4.69) is 20.6 Å². The number of hydrogen-bond donors (Lipinski definition) is 1. The zero-order valence-corrected chi connectivity index (χ0v) is 12.5. The lowest BCUT2D eigenvalue weighted by Crippen LogP contribution is -2.25. The zero-order chi connectivity index (χ0) is 14.1. The Morgan fingerprint density at radius 1 is 1.14 bits per heavy atom. The van der Waals surface area contributed by atoms with Crippen LogP contribution in [0.4, 0.5) is 0 Å². The van der Waals surface area contributed by atoms with Gasteiger partial charge in [0.2, 0.25) is 4.96 Å². The van der Waals surface area contributed by atoms with E-state index in [0.717, 1.165) is 27.9 Å². The van der Waals surface area contributed by atoms with Crippen LogP contribution < -0.4 is 5.32 Å². The Kier molecular flexibility index (Phi) is 3.40. The molecule has 1 N–H and O–H groups in total. The van der Waals surface area contributed by atoms with Crippen molar-refractivity contribution in [3.63, 3.8) is 0 Å². The molecule has 6 heteroatoms. The van der Waals surface area contributed by atoms with Crippen LogP contribution >= 0.6 is 11.3 Å². The van der Waals surface area contributed by atoms with Crippen molar-refractivity contribution in [2.24, 2.45) is 0 Å². The van der Waals surface area contributed by atoms with Crippen molar-refractivity contribution >= 4 is 16.3 Å². The molecule has 0 aliphatic heterocycles. The van der Waals surface area contributed by atoms with Gasteiger partial charge in [0.25, 0.3) is 0 Å². The van der Waals surface area contributed by atoms with Gasteiger partial charge in [-0.25, -0.2) is 0 Å². The molecular weight excluding hydrogens is 282 g/mol. The smallest absolute Gasteiger partial charge is 0.235 e. The van der Waals surface area contributed by atoms with E-state index in [1.54, 1.807) is 11.3 Å². The Balaban J connectivity index is 1.57. The molecule has 108 valence electrons. The standard InChI is InChI=1S/C15H17N5S/c1-2-6-11(7-3-1)14-17-18-15-20(14)19-13(21-15)10-16-12-8-4-5-9-12/h1-3,6-7,12,16H,4-5,8-10H2. The molecule has 0 spiro atoms. The summed E-state index contributed by atoms with van der Waals surface area (Å²) in [6, 6.07) is 10.7. The first-order valence-corrected chi connectivity index (χ1v) is 8.22. The van der Waals surface area contributed by atoms with E-state index >= 15 is 0 Å². The first-order chi connectivity index (χ1) is 10.4. The van der Waals surface area contributed by atoms with Crippen LogP contribution in [0.1, 0.15) is 30.7 Å². The fourth-order valence-corrected chi connectivity index (χ4v) is 3.64. The van der Waals surface area contributed by atoms with Crippen LogP contribution in [0.2, 0.25) is 0 Å². The third kappa shape index (κ3) is 2.56. The molecule has 21 heavy (non-hydrogen) atoms. The maximum atomic E-state index is 4.66. The SMILES string of the molecule is c1ccc(-c2nnc3sc(CNC4CCCC4)nn23)cc1. The number of hydrogen-bond acceptors (Lipinski definition) is 5. The molecule has 1 aliphatic carbocycles. The normalized spacial score (nSPS) is 16.0. The highest BCUT2D eigenvalue weighted by Gasteiger charge is 2.16. The van der Waals surface area contributed by atoms with Gasteiger partial charge in [0.1, 0.15) is 5.01 Å². The summed E-state index contributed by atoms with van der Waals surface area (Å²) in [7, 11) is 0. The van der Waals surface area contributed by atoms with Crippen LogP contribution in [0.25, 0.3) is 16.3 Å². The summed E-state index contributed by atoms with van der Waals surface area (Å²) in [5.41, 5.74) is 1.05. The fourth-order valence-electron chi connectivity index (χ4n) is 2.86. The van der Waals surface area contributed by atoms with Crippen LogP contribution in [0.3, 0.4) is 0 Å². The predicted molar refractivity (Wildman–Crippen MR) is 83.2 cm³/mol. The molecule has 4 rings (SSSR count). The Morgan fingerprint density at radius 3 is 2.76 bits per heavy atom. The molecule has 0 saturated heterocycles. The number of rotatable bonds is 4. The molecule has 2 heterocycles. The molecule has 0 unspecified atom stereocenters. The van der Waals surface area contributed by atoms with Crippen LogP contribution in [0.15, 0.2) is 30.3 Å². The van der Waals surface area contributed by atoms with Crippen molar-refractivity contribution in [2.45, 2.75) is 38.3 Å². The highest BCUT2D eigenvalue weighted by Crippen LogP contribution is 2.22. The van der Waals surface area contributed by atoms with Crippen LogP contribution in [-0.4, -0.2) is 25.9 Å². The topological polar surface area (TPSA) is 55.1 Å². The number of nitrogens with zero attached hydrogens (tertiary/aromatic N) is 4. The van der Waals surface area contributed by atoms with Gasteiger partial charge in [-0.15, -0.1) is 10.2 Å². The van der Waals surface area contributed by atoms with E-state index in [0.29, 0.717) is 6.04 Å². The summed E-state index contributed by atoms with van der Waals surface area (Å²) in [5.74, 6) is 0.814. The lowest BCUT2D eigenvalue weighted by atomic mass is 10.2. The second kappa shape index (κ2) is 5.54. The summed E-state index contributed by atoms with van der Waals surface area (Å²) in [4.78, 5) is 0.858. The molecule has 1 aliphatic rings. The van der Waals surface area contributed by atoms with Gasteiger partial charge in [-0.2, -0.15) is 9.61 Å². The van der Waals surface area contributed by atoms with E-state index in [1.807, 2.05) is 34.8 Å². The second-order valence-corrected chi connectivity index (χ2v) is 6.48. The van der Waals surface area contributed by atoms with Crippen molar-refractivity contribution in [1.29, 1.82) is 0 Å². The minimum absolute atomic E-state index is 0.660. The third-order valence-electron chi connectivity index (χ3n) is 3.96. The largest absolute Gasteiger partial charge is 0.308 e.